The van der Waals surface area contributed by atoms with Gasteiger partial charge in [-0.25, -0.2) is 9.07 Å². The summed E-state index contributed by atoms with van der Waals surface area (Å²) < 4.78 is 59.5. The SMILES string of the molecule is COc1ccc(N2CCN(c3nc(Nc4cc(F)cc(C(F)(F)F)c4)n(C)n3)CC2(C)C)cc1. The number of aryl methyl sites for hydroxylation is 1. The first-order valence-electron chi connectivity index (χ1n) is 10.7. The first-order chi connectivity index (χ1) is 16.0. The van der Waals surface area contributed by atoms with Crippen molar-refractivity contribution in [2.24, 2.45) is 7.05 Å². The molecule has 0 unspecified atom stereocenters. The van der Waals surface area contributed by atoms with Gasteiger partial charge < -0.3 is 19.9 Å². The van der Waals surface area contributed by atoms with Gasteiger partial charge in [-0.2, -0.15) is 18.2 Å². The van der Waals surface area contributed by atoms with E-state index in [0.29, 0.717) is 25.1 Å². The highest BCUT2D eigenvalue weighted by atomic mass is 19.4. The minimum absolute atomic E-state index is 0.0565. The van der Waals surface area contributed by atoms with Gasteiger partial charge in [-0.3, -0.25) is 0 Å². The van der Waals surface area contributed by atoms with Crippen LogP contribution in [0, 0.1) is 5.82 Å². The number of methoxy groups -OCH3 is 1. The number of hydrogen-bond donors (Lipinski definition) is 1. The zero-order valence-corrected chi connectivity index (χ0v) is 19.3. The predicted octanol–water partition coefficient (Wildman–Crippen LogP) is 4.83. The van der Waals surface area contributed by atoms with Crippen LogP contribution in [0.2, 0.25) is 0 Å². The van der Waals surface area contributed by atoms with Crippen LogP contribution in [0.4, 0.5) is 40.8 Å². The lowest BCUT2D eigenvalue weighted by molar-refractivity contribution is -0.137. The number of piperazine rings is 1. The number of aromatic nitrogens is 3. The Kier molecular flexibility index (Phi) is 6.05. The summed E-state index contributed by atoms with van der Waals surface area (Å²) in [5.74, 6) is 0.457. The van der Waals surface area contributed by atoms with Gasteiger partial charge in [-0.05, 0) is 56.3 Å². The number of anilines is 4. The van der Waals surface area contributed by atoms with E-state index in [9.17, 15) is 17.6 Å². The summed E-state index contributed by atoms with van der Waals surface area (Å²) in [6.45, 7) is 6.24. The lowest BCUT2D eigenvalue weighted by atomic mass is 9.98. The van der Waals surface area contributed by atoms with Gasteiger partial charge in [0.15, 0.2) is 0 Å². The Labute approximate surface area is 194 Å². The summed E-state index contributed by atoms with van der Waals surface area (Å²) in [4.78, 5) is 8.79. The van der Waals surface area contributed by atoms with Crippen molar-refractivity contribution in [3.8, 4) is 5.75 Å². The lowest BCUT2D eigenvalue weighted by Crippen LogP contribution is -2.60. The van der Waals surface area contributed by atoms with Gasteiger partial charge in [-0.15, -0.1) is 5.10 Å². The molecule has 1 N–H and O–H groups in total. The van der Waals surface area contributed by atoms with Gasteiger partial charge in [0.25, 0.3) is 0 Å². The Bertz CT molecular complexity index is 1160. The number of rotatable bonds is 5. The second kappa shape index (κ2) is 8.69. The zero-order chi connectivity index (χ0) is 24.7. The maximum absolute atomic E-state index is 13.8. The average Bonchev–Trinajstić information content (AvgIpc) is 3.12. The molecule has 0 atom stereocenters. The van der Waals surface area contributed by atoms with E-state index in [-0.39, 0.29) is 17.2 Å². The Morgan fingerprint density at radius 3 is 2.38 bits per heavy atom. The number of halogens is 4. The van der Waals surface area contributed by atoms with Gasteiger partial charge in [0.05, 0.1) is 18.2 Å². The van der Waals surface area contributed by atoms with Crippen molar-refractivity contribution in [2.75, 3.05) is 41.9 Å². The topological polar surface area (TPSA) is 58.5 Å². The Hall–Kier alpha value is -3.50. The van der Waals surface area contributed by atoms with Gasteiger partial charge in [0.1, 0.15) is 11.6 Å². The molecule has 7 nitrogen and oxygen atoms in total. The highest BCUT2D eigenvalue weighted by Crippen LogP contribution is 2.33. The predicted molar refractivity (Wildman–Crippen MR) is 122 cm³/mol. The number of nitrogens with zero attached hydrogens (tertiary/aromatic N) is 5. The van der Waals surface area contributed by atoms with Crippen LogP contribution in [0.25, 0.3) is 0 Å². The fourth-order valence-electron chi connectivity index (χ4n) is 4.13. The van der Waals surface area contributed by atoms with Crippen molar-refractivity contribution >= 4 is 23.3 Å². The zero-order valence-electron chi connectivity index (χ0n) is 19.3. The second-order valence-electron chi connectivity index (χ2n) is 8.79. The molecular formula is C23H26F4N6O. The van der Waals surface area contributed by atoms with E-state index >= 15 is 0 Å². The molecule has 0 amide bonds. The number of hydrogen-bond acceptors (Lipinski definition) is 6. The van der Waals surface area contributed by atoms with Gasteiger partial charge in [0, 0.05) is 38.1 Å². The molecule has 1 aromatic heterocycles. The highest BCUT2D eigenvalue weighted by Gasteiger charge is 2.35. The van der Waals surface area contributed by atoms with Crippen LogP contribution >= 0.6 is 0 Å². The molecule has 0 bridgehead atoms. The smallest absolute Gasteiger partial charge is 0.416 e. The molecule has 0 radical (unpaired) electrons. The van der Waals surface area contributed by atoms with Gasteiger partial charge >= 0.3 is 6.18 Å². The fraction of sp³-hybridized carbons (Fsp3) is 0.391. The molecule has 1 aliphatic rings. The van der Waals surface area contributed by atoms with Crippen molar-refractivity contribution in [3.63, 3.8) is 0 Å². The van der Waals surface area contributed by atoms with Crippen LogP contribution in [0.1, 0.15) is 19.4 Å². The third-order valence-corrected chi connectivity index (χ3v) is 5.80. The minimum atomic E-state index is -4.65. The van der Waals surface area contributed by atoms with Crippen LogP contribution < -0.4 is 19.9 Å². The monoisotopic (exact) mass is 478 g/mol. The highest BCUT2D eigenvalue weighted by molar-refractivity contribution is 5.57. The van der Waals surface area contributed by atoms with E-state index in [1.165, 1.54) is 4.68 Å². The molecular weight excluding hydrogens is 452 g/mol. The molecule has 0 spiro atoms. The van der Waals surface area contributed by atoms with Crippen molar-refractivity contribution < 1.29 is 22.3 Å². The Morgan fingerprint density at radius 1 is 1.06 bits per heavy atom. The Morgan fingerprint density at radius 2 is 1.76 bits per heavy atom. The summed E-state index contributed by atoms with van der Waals surface area (Å²) in [6, 6.07) is 10.2. The van der Waals surface area contributed by atoms with Crippen LogP contribution in [-0.4, -0.2) is 47.0 Å². The third-order valence-electron chi connectivity index (χ3n) is 5.80. The van der Waals surface area contributed by atoms with Crippen LogP contribution in [0.5, 0.6) is 5.75 Å². The largest absolute Gasteiger partial charge is 0.497 e. The van der Waals surface area contributed by atoms with Gasteiger partial charge in [0.2, 0.25) is 11.9 Å². The van der Waals surface area contributed by atoms with Crippen LogP contribution in [0.15, 0.2) is 42.5 Å². The second-order valence-corrected chi connectivity index (χ2v) is 8.79. The number of benzene rings is 2. The third kappa shape index (κ3) is 4.87. The first kappa shape index (κ1) is 23.7. The summed E-state index contributed by atoms with van der Waals surface area (Å²) in [6.07, 6.45) is -4.65. The van der Waals surface area contributed by atoms with E-state index in [1.54, 1.807) is 14.2 Å². The van der Waals surface area contributed by atoms with Crippen LogP contribution in [-0.2, 0) is 13.2 Å². The summed E-state index contributed by atoms with van der Waals surface area (Å²) in [5.41, 5.74) is -0.301. The standard InChI is InChI=1S/C23H26F4N6O/c1-22(2)14-32(9-10-33(22)18-5-7-19(34-4)8-6-18)21-29-20(31(3)30-21)28-17-12-15(23(25,26)27)11-16(24)13-17/h5-8,11-13H,9-10,14H2,1-4H3,(H,28,29,30). The molecule has 3 aromatic rings. The summed E-state index contributed by atoms with van der Waals surface area (Å²) in [5, 5.41) is 7.18. The molecule has 11 heteroatoms. The Balaban J connectivity index is 1.51. The average molecular weight is 478 g/mol. The molecule has 4 rings (SSSR count). The van der Waals surface area contributed by atoms with E-state index in [0.717, 1.165) is 30.1 Å². The molecule has 34 heavy (non-hydrogen) atoms. The van der Waals surface area contributed by atoms with Crippen molar-refractivity contribution in [2.45, 2.75) is 25.6 Å². The molecule has 1 aliphatic heterocycles. The molecule has 0 saturated carbocycles. The van der Waals surface area contributed by atoms with E-state index in [2.05, 4.69) is 34.1 Å². The van der Waals surface area contributed by atoms with Crippen molar-refractivity contribution in [1.29, 1.82) is 0 Å². The molecule has 0 aliphatic carbocycles. The summed E-state index contributed by atoms with van der Waals surface area (Å²) in [7, 11) is 3.26. The molecule has 1 fully saturated rings. The van der Waals surface area contributed by atoms with Crippen molar-refractivity contribution in [3.05, 3.63) is 53.8 Å². The van der Waals surface area contributed by atoms with E-state index in [4.69, 9.17) is 4.74 Å². The lowest BCUT2D eigenvalue weighted by Gasteiger charge is -2.48. The maximum Gasteiger partial charge on any atom is 0.416 e. The number of ether oxygens (including phenoxy) is 1. The number of nitrogens with one attached hydrogen (secondary N) is 1. The molecule has 1 saturated heterocycles. The van der Waals surface area contributed by atoms with E-state index < -0.39 is 17.6 Å². The molecule has 2 aromatic carbocycles. The minimum Gasteiger partial charge on any atom is -0.497 e. The number of alkyl halides is 3. The van der Waals surface area contributed by atoms with Gasteiger partial charge in [-0.1, -0.05) is 0 Å². The fourth-order valence-corrected chi connectivity index (χ4v) is 4.13. The summed E-state index contributed by atoms with van der Waals surface area (Å²) >= 11 is 0. The van der Waals surface area contributed by atoms with Crippen molar-refractivity contribution in [1.82, 2.24) is 14.8 Å². The molecule has 182 valence electrons. The first-order valence-corrected chi connectivity index (χ1v) is 10.7. The molecule has 2 heterocycles. The quantitative estimate of drug-likeness (QED) is 0.530. The van der Waals surface area contributed by atoms with Crippen LogP contribution in [0.3, 0.4) is 0 Å². The normalized spacial score (nSPS) is 16.0. The maximum atomic E-state index is 13.8. The van der Waals surface area contributed by atoms with E-state index in [1.807, 2.05) is 29.2 Å².